The van der Waals surface area contributed by atoms with Crippen LogP contribution in [0.4, 0.5) is 5.00 Å². The Morgan fingerprint density at radius 2 is 2.04 bits per heavy atom. The van der Waals surface area contributed by atoms with Gasteiger partial charge in [-0.15, -0.1) is 35.5 Å². The second kappa shape index (κ2) is 10.3. The van der Waals surface area contributed by atoms with Gasteiger partial charge in [0.15, 0.2) is 0 Å². The molecule has 0 saturated carbocycles. The van der Waals surface area contributed by atoms with Crippen molar-refractivity contribution in [3.05, 3.63) is 45.8 Å². The van der Waals surface area contributed by atoms with Gasteiger partial charge < -0.3 is 10.1 Å². The monoisotopic (exact) mass is 440 g/mol. The molecule has 5 nitrogen and oxygen atoms in total. The van der Waals surface area contributed by atoms with Crippen LogP contribution in [0.3, 0.4) is 0 Å². The molecule has 1 aliphatic rings. The lowest BCUT2D eigenvalue weighted by Gasteiger charge is -2.25. The number of nitrogens with zero attached hydrogens (tertiary/aromatic N) is 1. The average molecular weight is 441 g/mol. The number of rotatable bonds is 6. The van der Waals surface area contributed by atoms with E-state index in [1.807, 2.05) is 24.3 Å². The number of benzene rings is 1. The number of carbonyl (C=O) groups excluding carboxylic acids is 2. The molecule has 2 aromatic rings. The standard InChI is InChI=1S/C20H24N2O3S2.ClH/c1-4-22-11-10-13-16(12-22)27-19(17(13)20(24)25-3)21-18(23)14-8-6-7-9-15(14)26-5-2;/h6-9H,4-5,10-12H2,1-3H3,(H,21,23);1H. The summed E-state index contributed by atoms with van der Waals surface area (Å²) in [7, 11) is 1.38. The quantitative estimate of drug-likeness (QED) is 0.521. The molecule has 0 unspecified atom stereocenters. The molecule has 1 N–H and O–H groups in total. The van der Waals surface area contributed by atoms with E-state index in [2.05, 4.69) is 24.1 Å². The van der Waals surface area contributed by atoms with E-state index in [0.29, 0.717) is 16.1 Å². The molecule has 8 heteroatoms. The number of hydrogen-bond acceptors (Lipinski definition) is 6. The largest absolute Gasteiger partial charge is 0.465 e. The Labute approximate surface area is 180 Å². The summed E-state index contributed by atoms with van der Waals surface area (Å²) < 4.78 is 5.00. The summed E-state index contributed by atoms with van der Waals surface area (Å²) in [6, 6.07) is 7.55. The number of ether oxygens (including phenoxy) is 1. The molecule has 0 radical (unpaired) electrons. The molecule has 0 bridgehead atoms. The van der Waals surface area contributed by atoms with Crippen LogP contribution in [0.1, 0.15) is 45.0 Å². The van der Waals surface area contributed by atoms with Crippen molar-refractivity contribution >= 4 is 52.4 Å². The SMILES string of the molecule is CCSc1ccccc1C(=O)Nc1sc2c(c1C(=O)OC)CCN(CC)C2.Cl. The van der Waals surface area contributed by atoms with Gasteiger partial charge in [-0.05, 0) is 36.4 Å². The van der Waals surface area contributed by atoms with Gasteiger partial charge in [0.2, 0.25) is 0 Å². The van der Waals surface area contributed by atoms with E-state index in [4.69, 9.17) is 4.74 Å². The molecular weight excluding hydrogens is 416 g/mol. The van der Waals surface area contributed by atoms with E-state index >= 15 is 0 Å². The maximum absolute atomic E-state index is 12.9. The van der Waals surface area contributed by atoms with Crippen LogP contribution in [0.2, 0.25) is 0 Å². The van der Waals surface area contributed by atoms with Gasteiger partial charge in [-0.1, -0.05) is 26.0 Å². The molecule has 0 atom stereocenters. The molecule has 0 fully saturated rings. The van der Waals surface area contributed by atoms with E-state index < -0.39 is 0 Å². The Hall–Kier alpha value is -1.54. The molecule has 0 aliphatic carbocycles. The zero-order chi connectivity index (χ0) is 19.4. The van der Waals surface area contributed by atoms with Crippen LogP contribution in [-0.4, -0.2) is 42.7 Å². The van der Waals surface area contributed by atoms with E-state index in [0.717, 1.165) is 47.1 Å². The minimum atomic E-state index is -0.385. The molecule has 1 amide bonds. The lowest BCUT2D eigenvalue weighted by Crippen LogP contribution is -2.29. The number of nitrogens with one attached hydrogen (secondary N) is 1. The third-order valence-electron chi connectivity index (χ3n) is 4.63. The van der Waals surface area contributed by atoms with Gasteiger partial charge in [0.1, 0.15) is 5.00 Å². The van der Waals surface area contributed by atoms with Crippen molar-refractivity contribution < 1.29 is 14.3 Å². The lowest BCUT2D eigenvalue weighted by molar-refractivity contribution is 0.0600. The number of anilines is 1. The van der Waals surface area contributed by atoms with Crippen LogP contribution in [0.25, 0.3) is 0 Å². The molecule has 3 rings (SSSR count). The number of amides is 1. The van der Waals surface area contributed by atoms with Gasteiger partial charge >= 0.3 is 5.97 Å². The van der Waals surface area contributed by atoms with Crippen molar-refractivity contribution in [3.63, 3.8) is 0 Å². The molecular formula is C20H25ClN2O3S2. The van der Waals surface area contributed by atoms with Crippen LogP contribution in [-0.2, 0) is 17.7 Å². The van der Waals surface area contributed by atoms with E-state index in [-0.39, 0.29) is 24.3 Å². The van der Waals surface area contributed by atoms with Gasteiger partial charge in [0.25, 0.3) is 5.91 Å². The highest BCUT2D eigenvalue weighted by molar-refractivity contribution is 7.99. The number of thioether (sulfide) groups is 1. The normalized spacial score (nSPS) is 13.4. The van der Waals surface area contributed by atoms with E-state index in [1.54, 1.807) is 11.8 Å². The van der Waals surface area contributed by atoms with Gasteiger partial charge in [-0.25, -0.2) is 4.79 Å². The van der Waals surface area contributed by atoms with Crippen molar-refractivity contribution in [1.29, 1.82) is 0 Å². The minimum Gasteiger partial charge on any atom is -0.465 e. The Balaban J connectivity index is 0.00000280. The molecule has 0 spiro atoms. The summed E-state index contributed by atoms with van der Waals surface area (Å²) in [5.41, 5.74) is 2.16. The summed E-state index contributed by atoms with van der Waals surface area (Å²) >= 11 is 3.12. The van der Waals surface area contributed by atoms with Crippen molar-refractivity contribution in [2.24, 2.45) is 0 Å². The fraction of sp³-hybridized carbons (Fsp3) is 0.400. The van der Waals surface area contributed by atoms with Gasteiger partial charge in [0.05, 0.1) is 18.2 Å². The number of methoxy groups -OCH3 is 1. The Bertz CT molecular complexity index is 854. The third kappa shape index (κ3) is 4.71. The lowest BCUT2D eigenvalue weighted by atomic mass is 10.0. The fourth-order valence-corrected chi connectivity index (χ4v) is 5.31. The van der Waals surface area contributed by atoms with E-state index in [1.165, 1.54) is 18.4 Å². The first kappa shape index (κ1) is 22.7. The summed E-state index contributed by atoms with van der Waals surface area (Å²) in [5, 5.41) is 3.57. The number of halogens is 1. The van der Waals surface area contributed by atoms with E-state index in [9.17, 15) is 9.59 Å². The van der Waals surface area contributed by atoms with Crippen molar-refractivity contribution in [1.82, 2.24) is 4.90 Å². The smallest absolute Gasteiger partial charge is 0.341 e. The fourth-order valence-electron chi connectivity index (χ4n) is 3.24. The highest BCUT2D eigenvalue weighted by Crippen LogP contribution is 2.38. The maximum Gasteiger partial charge on any atom is 0.341 e. The second-order valence-electron chi connectivity index (χ2n) is 6.20. The highest BCUT2D eigenvalue weighted by Gasteiger charge is 2.29. The number of thiophene rings is 1. The van der Waals surface area contributed by atoms with Crippen LogP contribution in [0.5, 0.6) is 0 Å². The van der Waals surface area contributed by atoms with Crippen molar-refractivity contribution in [2.75, 3.05) is 31.3 Å². The first-order valence-electron chi connectivity index (χ1n) is 9.07. The number of hydrogen-bond donors (Lipinski definition) is 1. The van der Waals surface area contributed by atoms with Crippen LogP contribution >= 0.6 is 35.5 Å². The molecule has 152 valence electrons. The van der Waals surface area contributed by atoms with Crippen LogP contribution in [0, 0.1) is 0 Å². The number of esters is 1. The predicted octanol–water partition coefficient (Wildman–Crippen LogP) is 4.70. The Morgan fingerprint density at radius 1 is 1.29 bits per heavy atom. The van der Waals surface area contributed by atoms with Crippen molar-refractivity contribution in [3.8, 4) is 0 Å². The summed E-state index contributed by atoms with van der Waals surface area (Å²) in [5.74, 6) is 0.310. The van der Waals surface area contributed by atoms with Gasteiger partial charge in [-0.2, -0.15) is 0 Å². The molecule has 1 aromatic heterocycles. The van der Waals surface area contributed by atoms with Crippen LogP contribution < -0.4 is 5.32 Å². The predicted molar refractivity (Wildman–Crippen MR) is 118 cm³/mol. The molecule has 28 heavy (non-hydrogen) atoms. The molecule has 1 aromatic carbocycles. The second-order valence-corrected chi connectivity index (χ2v) is 8.61. The zero-order valence-electron chi connectivity index (χ0n) is 16.2. The third-order valence-corrected chi connectivity index (χ3v) is 6.72. The molecule has 2 heterocycles. The van der Waals surface area contributed by atoms with Crippen LogP contribution in [0.15, 0.2) is 29.2 Å². The maximum atomic E-state index is 12.9. The topological polar surface area (TPSA) is 58.6 Å². The summed E-state index contributed by atoms with van der Waals surface area (Å²) in [4.78, 5) is 29.8. The Kier molecular flexibility index (Phi) is 8.37. The number of carbonyl (C=O) groups is 2. The Morgan fingerprint density at radius 3 is 2.71 bits per heavy atom. The first-order chi connectivity index (χ1) is 13.1. The van der Waals surface area contributed by atoms with Gasteiger partial charge in [-0.3, -0.25) is 9.69 Å². The zero-order valence-corrected chi connectivity index (χ0v) is 18.7. The first-order valence-corrected chi connectivity index (χ1v) is 10.9. The van der Waals surface area contributed by atoms with Crippen molar-refractivity contribution in [2.45, 2.75) is 31.7 Å². The van der Waals surface area contributed by atoms with Gasteiger partial charge in [0, 0.05) is 22.9 Å². The number of fused-ring (bicyclic) bond motifs is 1. The number of likely N-dealkylation sites (N-methyl/N-ethyl adjacent to an activating group) is 1. The highest BCUT2D eigenvalue weighted by atomic mass is 35.5. The summed E-state index contributed by atoms with van der Waals surface area (Å²) in [6.07, 6.45) is 0.794. The minimum absolute atomic E-state index is 0. The average Bonchev–Trinajstić information content (AvgIpc) is 3.04. The molecule has 1 aliphatic heterocycles. The molecule has 0 saturated heterocycles. The summed E-state index contributed by atoms with van der Waals surface area (Å²) in [6.45, 7) is 6.87.